The highest BCUT2D eigenvalue weighted by molar-refractivity contribution is 7.75. The first-order chi connectivity index (χ1) is 12.7. The van der Waals surface area contributed by atoms with Crippen molar-refractivity contribution in [2.24, 2.45) is 5.73 Å². The molecule has 0 radical (unpaired) electrons. The largest absolute Gasteiger partial charge is 1.00 e. The smallest absolute Gasteiger partial charge is 0.122 e. The Morgan fingerprint density at radius 3 is 1.85 bits per heavy atom. The van der Waals surface area contributed by atoms with Gasteiger partial charge in [0.25, 0.3) is 0 Å². The summed E-state index contributed by atoms with van der Waals surface area (Å²) in [7, 11) is -0.792. The number of para-hydroxylation sites is 1. The molecule has 0 aliphatic heterocycles. The van der Waals surface area contributed by atoms with E-state index in [-0.39, 0.29) is 17.0 Å². The molecule has 0 saturated heterocycles. The van der Waals surface area contributed by atoms with Crippen LogP contribution in [0.1, 0.15) is 71.3 Å². The van der Waals surface area contributed by atoms with Crippen molar-refractivity contribution in [3.63, 3.8) is 0 Å². The number of unbranched alkanes of at least 4 members (excludes halogenated alkanes) is 3. The Balaban J connectivity index is 0.00000676. The Bertz CT molecular complexity index is 448. The summed E-state index contributed by atoms with van der Waals surface area (Å²) in [5, 5.41) is 0. The van der Waals surface area contributed by atoms with Gasteiger partial charge < -0.3 is 27.5 Å². The van der Waals surface area contributed by atoms with E-state index >= 15 is 0 Å². The quantitative estimate of drug-likeness (QED) is 0.303. The van der Waals surface area contributed by atoms with Crippen LogP contribution in [0.3, 0.4) is 0 Å². The first kappa shape index (κ1) is 26.9. The molecule has 2 N–H and O–H groups in total. The van der Waals surface area contributed by atoms with E-state index in [1.807, 2.05) is 0 Å². The van der Waals surface area contributed by atoms with E-state index in [1.54, 1.807) is 0 Å². The molecule has 1 rings (SSSR count). The lowest BCUT2D eigenvalue weighted by Gasteiger charge is -2.28. The minimum Gasteiger partial charge on any atom is -1.00 e. The van der Waals surface area contributed by atoms with Crippen LogP contribution in [-0.2, 0) is 6.42 Å². The monoisotopic (exact) mass is 459 g/mol. The van der Waals surface area contributed by atoms with E-state index in [0.29, 0.717) is 6.54 Å². The lowest BCUT2D eigenvalue weighted by Crippen LogP contribution is -3.00. The van der Waals surface area contributed by atoms with Crippen molar-refractivity contribution < 1.29 is 21.7 Å². The number of benzene rings is 1. The Labute approximate surface area is 180 Å². The van der Waals surface area contributed by atoms with Crippen LogP contribution in [0.15, 0.2) is 24.3 Å². The Morgan fingerprint density at radius 1 is 0.815 bits per heavy atom. The van der Waals surface area contributed by atoms with Crippen LogP contribution in [0, 0.1) is 0 Å². The van der Waals surface area contributed by atoms with Crippen molar-refractivity contribution in [2.45, 2.75) is 72.1 Å². The average Bonchev–Trinajstić information content (AvgIpc) is 2.67. The van der Waals surface area contributed by atoms with Crippen LogP contribution < -0.4 is 27.5 Å². The van der Waals surface area contributed by atoms with E-state index < -0.39 is 7.26 Å². The highest BCUT2D eigenvalue weighted by Crippen LogP contribution is 2.61. The molecule has 0 fully saturated rings. The summed E-state index contributed by atoms with van der Waals surface area (Å²) in [5.41, 5.74) is 6.98. The fraction of sp³-hybridized carbons (Fsp3) is 0.739. The molecule has 158 valence electrons. The van der Waals surface area contributed by atoms with E-state index in [9.17, 15) is 0 Å². The molecule has 0 aromatic heterocycles. The second-order valence-corrected chi connectivity index (χ2v) is 12.1. The molecule has 1 aromatic rings. The summed E-state index contributed by atoms with van der Waals surface area (Å²) >= 11 is 0. The number of hydrogen-bond donors (Lipinski definition) is 1. The minimum absolute atomic E-state index is 0. The number of rotatable bonds is 16. The zero-order valence-corrected chi connectivity index (χ0v) is 20.5. The minimum atomic E-state index is -0.792. The lowest BCUT2D eigenvalue weighted by molar-refractivity contribution is -0.00000624. The molecule has 0 spiro atoms. The SMILES string of the molecule is CCCC[P+](CCCC)(CCCC)CCCOc1ccccc1CCN.[Br-]. The third kappa shape index (κ3) is 10.9. The molecule has 4 heteroatoms. The van der Waals surface area contributed by atoms with Crippen LogP contribution in [0.4, 0.5) is 0 Å². The standard InChI is InChI=1S/C23H43NOP.BrH/c1-4-7-18-26(19-8-5-2,20-9-6-3)21-12-17-25-23-14-11-10-13-22(23)15-16-24;/h10-11,13-14H,4-9,12,15-21,24H2,1-3H3;1H/q+1;/p-1. The normalized spacial score (nSPS) is 11.3. The number of hydrogen-bond acceptors (Lipinski definition) is 2. The molecular weight excluding hydrogens is 417 g/mol. The molecule has 0 atom stereocenters. The highest BCUT2D eigenvalue weighted by Gasteiger charge is 2.34. The summed E-state index contributed by atoms with van der Waals surface area (Å²) < 4.78 is 6.16. The first-order valence-corrected chi connectivity index (χ1v) is 13.5. The molecule has 0 unspecified atom stereocenters. The molecule has 0 aliphatic carbocycles. The zero-order chi connectivity index (χ0) is 19.1. The molecule has 0 bridgehead atoms. The fourth-order valence-corrected chi connectivity index (χ4v) is 8.84. The summed E-state index contributed by atoms with van der Waals surface area (Å²) in [5.74, 6) is 1.04. The van der Waals surface area contributed by atoms with Gasteiger partial charge in [0.1, 0.15) is 5.75 Å². The van der Waals surface area contributed by atoms with E-state index in [0.717, 1.165) is 18.8 Å². The van der Waals surface area contributed by atoms with Crippen molar-refractivity contribution >= 4 is 7.26 Å². The summed E-state index contributed by atoms with van der Waals surface area (Å²) in [6, 6.07) is 8.38. The molecule has 0 saturated carbocycles. The van der Waals surface area contributed by atoms with E-state index in [4.69, 9.17) is 10.5 Å². The molecular formula is C23H43BrNOP. The van der Waals surface area contributed by atoms with Crippen LogP contribution >= 0.6 is 7.26 Å². The molecule has 27 heavy (non-hydrogen) atoms. The maximum absolute atomic E-state index is 6.16. The van der Waals surface area contributed by atoms with Gasteiger partial charge in [-0.05, 0) is 43.9 Å². The van der Waals surface area contributed by atoms with Gasteiger partial charge in [-0.15, -0.1) is 0 Å². The lowest BCUT2D eigenvalue weighted by atomic mass is 10.1. The summed E-state index contributed by atoms with van der Waals surface area (Å²) in [6.45, 7) is 8.55. The van der Waals surface area contributed by atoms with Gasteiger partial charge >= 0.3 is 0 Å². The maximum atomic E-state index is 6.16. The average molecular weight is 460 g/mol. The zero-order valence-electron chi connectivity index (χ0n) is 18.0. The maximum Gasteiger partial charge on any atom is 0.122 e. The topological polar surface area (TPSA) is 35.2 Å². The van der Waals surface area contributed by atoms with Crippen LogP contribution in [0.2, 0.25) is 0 Å². The van der Waals surface area contributed by atoms with Crippen LogP contribution in [-0.4, -0.2) is 37.8 Å². The van der Waals surface area contributed by atoms with Gasteiger partial charge in [0.05, 0.1) is 31.3 Å². The Morgan fingerprint density at radius 2 is 1.33 bits per heavy atom. The molecule has 0 heterocycles. The highest BCUT2D eigenvalue weighted by atomic mass is 79.9. The van der Waals surface area contributed by atoms with Gasteiger partial charge in [-0.1, -0.05) is 58.2 Å². The van der Waals surface area contributed by atoms with Crippen molar-refractivity contribution in [1.29, 1.82) is 0 Å². The summed E-state index contributed by atoms with van der Waals surface area (Å²) in [4.78, 5) is 0. The van der Waals surface area contributed by atoms with Gasteiger partial charge in [-0.3, -0.25) is 0 Å². The van der Waals surface area contributed by atoms with Gasteiger partial charge in [0.15, 0.2) is 0 Å². The third-order valence-corrected chi connectivity index (χ3v) is 10.4. The van der Waals surface area contributed by atoms with Gasteiger partial charge in [0.2, 0.25) is 0 Å². The predicted octanol–water partition coefficient (Wildman–Crippen LogP) is 3.38. The number of nitrogens with two attached hydrogens (primary N) is 1. The van der Waals surface area contributed by atoms with Gasteiger partial charge in [-0.2, -0.15) is 0 Å². The number of ether oxygens (including phenoxy) is 1. The second-order valence-electron chi connectivity index (χ2n) is 7.65. The Hall–Kier alpha value is -0.110. The van der Waals surface area contributed by atoms with Crippen LogP contribution in [0.5, 0.6) is 5.75 Å². The molecule has 0 amide bonds. The molecule has 2 nitrogen and oxygen atoms in total. The van der Waals surface area contributed by atoms with Crippen molar-refractivity contribution in [2.75, 3.05) is 37.8 Å². The third-order valence-electron chi connectivity index (χ3n) is 5.38. The Kier molecular flexibility index (Phi) is 16.7. The van der Waals surface area contributed by atoms with Crippen molar-refractivity contribution in [1.82, 2.24) is 0 Å². The van der Waals surface area contributed by atoms with Gasteiger partial charge in [-0.25, -0.2) is 0 Å². The fourth-order valence-electron chi connectivity index (χ4n) is 3.74. The first-order valence-electron chi connectivity index (χ1n) is 11.0. The van der Waals surface area contributed by atoms with Gasteiger partial charge in [0, 0.05) is 13.7 Å². The number of halogens is 1. The van der Waals surface area contributed by atoms with E-state index in [1.165, 1.54) is 75.2 Å². The van der Waals surface area contributed by atoms with E-state index in [2.05, 4.69) is 45.0 Å². The molecule has 0 aliphatic rings. The second kappa shape index (κ2) is 16.8. The molecule has 1 aromatic carbocycles. The predicted molar refractivity (Wildman–Crippen MR) is 120 cm³/mol. The van der Waals surface area contributed by atoms with Crippen molar-refractivity contribution in [3.05, 3.63) is 29.8 Å². The van der Waals surface area contributed by atoms with Crippen LogP contribution in [0.25, 0.3) is 0 Å². The van der Waals surface area contributed by atoms with Crippen molar-refractivity contribution in [3.8, 4) is 5.75 Å². The summed E-state index contributed by atoms with van der Waals surface area (Å²) in [6.07, 6.45) is 16.3.